The molecule has 0 aliphatic carbocycles. The van der Waals surface area contributed by atoms with Gasteiger partial charge in [-0.05, 0) is 50.2 Å². The number of urea groups is 1. The topological polar surface area (TPSA) is 84.9 Å². The number of benzene rings is 1. The summed E-state index contributed by atoms with van der Waals surface area (Å²) >= 11 is 3.36. The number of carboxylic acid groups (broad SMARTS) is 1. The first kappa shape index (κ1) is 18.5. The lowest BCUT2D eigenvalue weighted by Gasteiger charge is -2.25. The van der Waals surface area contributed by atoms with Gasteiger partial charge >= 0.3 is 12.1 Å². The second-order valence-electron chi connectivity index (χ2n) is 5.70. The lowest BCUT2D eigenvalue weighted by Crippen LogP contribution is -2.44. The van der Waals surface area contributed by atoms with Gasteiger partial charge in [0.1, 0.15) is 0 Å². The first-order chi connectivity index (χ1) is 11.5. The zero-order valence-corrected chi connectivity index (χ0v) is 15.1. The van der Waals surface area contributed by atoms with E-state index in [0.717, 1.165) is 24.1 Å². The van der Waals surface area contributed by atoms with Crippen molar-refractivity contribution in [3.8, 4) is 0 Å². The molecule has 24 heavy (non-hydrogen) atoms. The third-order valence-corrected chi connectivity index (χ3v) is 4.45. The number of nitrogens with zero attached hydrogens (tertiary/aromatic N) is 2. The van der Waals surface area contributed by atoms with Crippen LogP contribution in [0.3, 0.4) is 0 Å². The minimum absolute atomic E-state index is 0.211. The largest absolute Gasteiger partial charge is 0.465 e. The number of halogens is 1. The molecule has 1 heterocycles. The van der Waals surface area contributed by atoms with Crippen LogP contribution in [0.2, 0.25) is 0 Å². The molecule has 0 saturated carbocycles. The normalized spacial score (nSPS) is 14.4. The highest BCUT2D eigenvalue weighted by Crippen LogP contribution is 2.14. The molecule has 0 radical (unpaired) electrons. The molecule has 1 aliphatic rings. The van der Waals surface area contributed by atoms with Crippen molar-refractivity contribution in [1.29, 1.82) is 0 Å². The SMILES string of the molecule is O=C(O)NCCN(CCN1CCCC1)C(=O)Nc1ccc(Br)cc1. The van der Waals surface area contributed by atoms with Gasteiger partial charge in [0.25, 0.3) is 0 Å². The third-order valence-electron chi connectivity index (χ3n) is 3.93. The van der Waals surface area contributed by atoms with Gasteiger partial charge in [-0.1, -0.05) is 15.9 Å². The standard InChI is InChI=1S/C16H23BrN4O3/c17-13-3-5-14(6-4-13)19-15(22)21(10-7-18-16(23)24)12-11-20-8-1-2-9-20/h3-6,18H,1-2,7-12H2,(H,19,22)(H,23,24). The molecular formula is C16H23BrN4O3. The van der Waals surface area contributed by atoms with Crippen LogP contribution in [0, 0.1) is 0 Å². The Kier molecular flexibility index (Phi) is 7.33. The summed E-state index contributed by atoms with van der Waals surface area (Å²) in [6.07, 6.45) is 1.32. The monoisotopic (exact) mass is 398 g/mol. The first-order valence-corrected chi connectivity index (χ1v) is 8.84. The Morgan fingerprint density at radius 2 is 1.83 bits per heavy atom. The van der Waals surface area contributed by atoms with E-state index in [1.807, 2.05) is 24.3 Å². The Morgan fingerprint density at radius 1 is 1.17 bits per heavy atom. The first-order valence-electron chi connectivity index (χ1n) is 8.05. The Balaban J connectivity index is 1.89. The van der Waals surface area contributed by atoms with Crippen molar-refractivity contribution in [3.63, 3.8) is 0 Å². The van der Waals surface area contributed by atoms with E-state index in [1.54, 1.807) is 4.90 Å². The fourth-order valence-corrected chi connectivity index (χ4v) is 2.88. The van der Waals surface area contributed by atoms with E-state index < -0.39 is 6.09 Å². The summed E-state index contributed by atoms with van der Waals surface area (Å²) in [6.45, 7) is 4.06. The van der Waals surface area contributed by atoms with E-state index in [9.17, 15) is 9.59 Å². The maximum Gasteiger partial charge on any atom is 0.404 e. The highest BCUT2D eigenvalue weighted by Gasteiger charge is 2.17. The molecule has 7 nitrogen and oxygen atoms in total. The van der Waals surface area contributed by atoms with Crippen LogP contribution in [-0.2, 0) is 0 Å². The smallest absolute Gasteiger partial charge is 0.404 e. The van der Waals surface area contributed by atoms with Crippen LogP contribution >= 0.6 is 15.9 Å². The molecule has 0 spiro atoms. The van der Waals surface area contributed by atoms with E-state index in [4.69, 9.17) is 5.11 Å². The summed E-state index contributed by atoms with van der Waals surface area (Å²) in [5.41, 5.74) is 0.709. The lowest BCUT2D eigenvalue weighted by atomic mass is 10.3. The van der Waals surface area contributed by atoms with Crippen LogP contribution in [0.5, 0.6) is 0 Å². The summed E-state index contributed by atoms with van der Waals surface area (Å²) in [5.74, 6) is 0. The second kappa shape index (κ2) is 9.48. The van der Waals surface area contributed by atoms with E-state index in [0.29, 0.717) is 18.8 Å². The van der Waals surface area contributed by atoms with Crippen molar-refractivity contribution in [1.82, 2.24) is 15.1 Å². The van der Waals surface area contributed by atoms with Crippen molar-refractivity contribution < 1.29 is 14.7 Å². The number of amides is 3. The van der Waals surface area contributed by atoms with Crippen molar-refractivity contribution in [2.24, 2.45) is 0 Å². The van der Waals surface area contributed by atoms with E-state index in [2.05, 4.69) is 31.5 Å². The molecule has 8 heteroatoms. The van der Waals surface area contributed by atoms with Crippen molar-refractivity contribution in [2.75, 3.05) is 44.6 Å². The summed E-state index contributed by atoms with van der Waals surface area (Å²) in [4.78, 5) is 27.1. The molecule has 0 unspecified atom stereocenters. The van der Waals surface area contributed by atoms with Crippen LogP contribution in [0.4, 0.5) is 15.3 Å². The fourth-order valence-electron chi connectivity index (χ4n) is 2.62. The van der Waals surface area contributed by atoms with Gasteiger partial charge in [0.15, 0.2) is 0 Å². The molecule has 2 rings (SSSR count). The van der Waals surface area contributed by atoms with Gasteiger partial charge in [-0.15, -0.1) is 0 Å². The Morgan fingerprint density at radius 3 is 2.46 bits per heavy atom. The number of anilines is 1. The average molecular weight is 399 g/mol. The van der Waals surface area contributed by atoms with Crippen molar-refractivity contribution in [3.05, 3.63) is 28.7 Å². The molecule has 3 amide bonds. The van der Waals surface area contributed by atoms with Crippen LogP contribution < -0.4 is 10.6 Å². The maximum atomic E-state index is 12.5. The van der Waals surface area contributed by atoms with Crippen LogP contribution in [0.25, 0.3) is 0 Å². The van der Waals surface area contributed by atoms with Crippen LogP contribution in [0.15, 0.2) is 28.7 Å². The molecule has 1 saturated heterocycles. The Labute approximate surface area is 150 Å². The van der Waals surface area contributed by atoms with Crippen LogP contribution in [-0.4, -0.2) is 66.3 Å². The molecular weight excluding hydrogens is 376 g/mol. The van der Waals surface area contributed by atoms with Gasteiger partial charge in [-0.25, -0.2) is 9.59 Å². The zero-order valence-electron chi connectivity index (χ0n) is 13.5. The summed E-state index contributed by atoms with van der Waals surface area (Å²) < 4.78 is 0.942. The molecule has 0 bridgehead atoms. The Hall–Kier alpha value is -1.80. The molecule has 1 aliphatic heterocycles. The van der Waals surface area contributed by atoms with E-state index >= 15 is 0 Å². The quantitative estimate of drug-likeness (QED) is 0.658. The molecule has 1 aromatic rings. The summed E-state index contributed by atoms with van der Waals surface area (Å²) in [6, 6.07) is 7.13. The fraction of sp³-hybridized carbons (Fsp3) is 0.500. The number of likely N-dealkylation sites (tertiary alicyclic amines) is 1. The number of hydrogen-bond acceptors (Lipinski definition) is 3. The summed E-state index contributed by atoms with van der Waals surface area (Å²) in [5, 5.41) is 13.8. The van der Waals surface area contributed by atoms with Gasteiger partial charge in [0.2, 0.25) is 0 Å². The van der Waals surface area contributed by atoms with Gasteiger partial charge < -0.3 is 25.5 Å². The van der Waals surface area contributed by atoms with Crippen molar-refractivity contribution >= 4 is 33.7 Å². The maximum absolute atomic E-state index is 12.5. The predicted octanol–water partition coefficient (Wildman–Crippen LogP) is 2.65. The number of hydrogen-bond donors (Lipinski definition) is 3. The zero-order chi connectivity index (χ0) is 17.4. The number of carbonyl (C=O) groups is 2. The average Bonchev–Trinajstić information content (AvgIpc) is 3.06. The Bertz CT molecular complexity index is 547. The minimum Gasteiger partial charge on any atom is -0.465 e. The number of nitrogens with one attached hydrogen (secondary N) is 2. The highest BCUT2D eigenvalue weighted by molar-refractivity contribution is 9.10. The van der Waals surface area contributed by atoms with Crippen molar-refractivity contribution in [2.45, 2.75) is 12.8 Å². The molecule has 1 aromatic carbocycles. The highest BCUT2D eigenvalue weighted by atomic mass is 79.9. The molecule has 0 atom stereocenters. The van der Waals surface area contributed by atoms with E-state index in [1.165, 1.54) is 12.8 Å². The third kappa shape index (κ3) is 6.37. The van der Waals surface area contributed by atoms with Gasteiger partial charge in [0, 0.05) is 36.3 Å². The predicted molar refractivity (Wildman–Crippen MR) is 96.4 cm³/mol. The second-order valence-corrected chi connectivity index (χ2v) is 6.62. The summed E-state index contributed by atoms with van der Waals surface area (Å²) in [7, 11) is 0. The molecule has 132 valence electrons. The van der Waals surface area contributed by atoms with Gasteiger partial charge in [0.05, 0.1) is 0 Å². The number of carbonyl (C=O) groups excluding carboxylic acids is 1. The molecule has 0 aromatic heterocycles. The lowest BCUT2D eigenvalue weighted by molar-refractivity contribution is 0.186. The van der Waals surface area contributed by atoms with E-state index in [-0.39, 0.29) is 12.6 Å². The molecule has 1 fully saturated rings. The van der Waals surface area contributed by atoms with Crippen LogP contribution in [0.1, 0.15) is 12.8 Å². The minimum atomic E-state index is -1.08. The van der Waals surface area contributed by atoms with Gasteiger partial charge in [-0.2, -0.15) is 0 Å². The number of rotatable bonds is 7. The van der Waals surface area contributed by atoms with Gasteiger partial charge in [-0.3, -0.25) is 0 Å². The molecule has 3 N–H and O–H groups in total.